The lowest BCUT2D eigenvalue weighted by Gasteiger charge is -2.11. The van der Waals surface area contributed by atoms with E-state index in [0.29, 0.717) is 6.67 Å². The van der Waals surface area contributed by atoms with Gasteiger partial charge < -0.3 is 9.62 Å². The van der Waals surface area contributed by atoms with E-state index in [1.165, 1.54) is 9.62 Å². The summed E-state index contributed by atoms with van der Waals surface area (Å²) in [4.78, 5) is 3.00. The van der Waals surface area contributed by atoms with Crippen LogP contribution in [0.5, 0.6) is 0 Å². The highest BCUT2D eigenvalue weighted by molar-refractivity contribution is 6.08. The fraction of sp³-hybridized carbons (Fsp3) is 0.333. The Balaban J connectivity index is 2.42. The van der Waals surface area contributed by atoms with Crippen molar-refractivity contribution in [2.45, 2.75) is 0 Å². The summed E-state index contributed by atoms with van der Waals surface area (Å²) in [6.45, 7) is 0.583. The van der Waals surface area contributed by atoms with Gasteiger partial charge in [-0.1, -0.05) is 0 Å². The van der Waals surface area contributed by atoms with Crippen LogP contribution in [0.4, 0.5) is 0 Å². The first-order valence-corrected chi connectivity index (χ1v) is 2.00. The topological polar surface area (TPSA) is 6.48 Å². The lowest BCUT2D eigenvalue weighted by Crippen LogP contribution is -2.20. The van der Waals surface area contributed by atoms with Crippen LogP contribution >= 0.6 is 0 Å². The molecule has 0 amide bonds. The Morgan fingerprint density at radius 2 is 1.57 bits per heavy atom. The second kappa shape index (κ2) is 1.52. The van der Waals surface area contributed by atoms with Crippen LogP contribution in [-0.4, -0.2) is 32.3 Å². The molecule has 0 N–H and O–H groups in total. The Morgan fingerprint density at radius 3 is 1.71 bits per heavy atom. The zero-order valence-electron chi connectivity index (χ0n) is 3.91. The van der Waals surface area contributed by atoms with Crippen LogP contribution in [0.25, 0.3) is 0 Å². The molecule has 0 spiro atoms. The van der Waals surface area contributed by atoms with Crippen LogP contribution in [0.1, 0.15) is 0 Å². The Hall–Kier alpha value is -0.530. The molecule has 1 rings (SSSR count). The van der Waals surface area contributed by atoms with Gasteiger partial charge in [0, 0.05) is 12.4 Å². The highest BCUT2D eigenvalue weighted by Gasteiger charge is 1.99. The molecular formula is C3H4B2N2. The Bertz CT molecular complexity index is 82.9. The molecule has 0 fully saturated rings. The maximum absolute atomic E-state index is 5.25. The lowest BCUT2D eigenvalue weighted by molar-refractivity contribution is 0.496. The number of nitrogens with zero attached hydrogens (tertiary/aromatic N) is 2. The van der Waals surface area contributed by atoms with Gasteiger partial charge >= 0.3 is 0 Å². The quantitative estimate of drug-likeness (QED) is 0.359. The largest absolute Gasteiger partial charge is 0.415 e. The fourth-order valence-electron chi connectivity index (χ4n) is 0.454. The van der Waals surface area contributed by atoms with Gasteiger partial charge in [-0.3, -0.25) is 0 Å². The van der Waals surface area contributed by atoms with Gasteiger partial charge in [-0.15, -0.1) is 0 Å². The summed E-state index contributed by atoms with van der Waals surface area (Å²) in [6.07, 6.45) is 3.42. The van der Waals surface area contributed by atoms with E-state index in [1.807, 2.05) is 0 Å². The van der Waals surface area contributed by atoms with Gasteiger partial charge in [-0.2, -0.15) is 0 Å². The normalized spacial score (nSPS) is 18.9. The highest BCUT2D eigenvalue weighted by Crippen LogP contribution is 1.96. The minimum atomic E-state index is 0.583. The molecule has 0 aromatic carbocycles. The van der Waals surface area contributed by atoms with Crippen LogP contribution in [0, 0.1) is 0 Å². The lowest BCUT2D eigenvalue weighted by atomic mass is 10.3. The molecule has 0 unspecified atom stereocenters. The molecule has 7 heavy (non-hydrogen) atoms. The van der Waals surface area contributed by atoms with Crippen molar-refractivity contribution < 1.29 is 0 Å². The summed E-state index contributed by atoms with van der Waals surface area (Å²) >= 11 is 0. The Labute approximate surface area is 45.6 Å². The van der Waals surface area contributed by atoms with E-state index in [1.54, 1.807) is 12.4 Å². The van der Waals surface area contributed by atoms with Crippen molar-refractivity contribution in [1.82, 2.24) is 9.62 Å². The summed E-state index contributed by atoms with van der Waals surface area (Å²) in [5.74, 6) is 0. The van der Waals surface area contributed by atoms with Crippen molar-refractivity contribution in [2.24, 2.45) is 0 Å². The van der Waals surface area contributed by atoms with Crippen molar-refractivity contribution in [2.75, 3.05) is 6.67 Å². The van der Waals surface area contributed by atoms with E-state index in [-0.39, 0.29) is 0 Å². The molecule has 4 radical (unpaired) electrons. The molecule has 1 aliphatic heterocycles. The molecule has 0 aromatic heterocycles. The molecular weight excluding hydrogens is 85.7 g/mol. The number of rotatable bonds is 0. The molecule has 1 aliphatic rings. The van der Waals surface area contributed by atoms with Crippen LogP contribution in [0.3, 0.4) is 0 Å². The predicted octanol–water partition coefficient (Wildman–Crippen LogP) is -0.800. The third-order valence-electron chi connectivity index (χ3n) is 0.776. The molecule has 32 valence electrons. The van der Waals surface area contributed by atoms with Gasteiger partial charge in [0.15, 0.2) is 0 Å². The first-order valence-electron chi connectivity index (χ1n) is 2.00. The van der Waals surface area contributed by atoms with E-state index < -0.39 is 0 Å². The third kappa shape index (κ3) is 0.918. The van der Waals surface area contributed by atoms with E-state index in [9.17, 15) is 0 Å². The number of hydrogen-bond acceptors (Lipinski definition) is 2. The number of hydrogen-bond donors (Lipinski definition) is 0. The monoisotopic (exact) mass is 90.1 g/mol. The summed E-state index contributed by atoms with van der Waals surface area (Å²) in [7, 11) is 10.5. The van der Waals surface area contributed by atoms with Crippen molar-refractivity contribution in [1.29, 1.82) is 0 Å². The first-order chi connectivity index (χ1) is 3.29. The molecule has 1 heterocycles. The van der Waals surface area contributed by atoms with Crippen molar-refractivity contribution in [3.8, 4) is 0 Å². The Kier molecular flexibility index (Phi) is 1.01. The van der Waals surface area contributed by atoms with Crippen LogP contribution < -0.4 is 0 Å². The van der Waals surface area contributed by atoms with Gasteiger partial charge in [-0.25, -0.2) is 0 Å². The average molecular weight is 89.7 g/mol. The molecule has 2 nitrogen and oxygen atoms in total. The average Bonchev–Trinajstić information content (AvgIpc) is 1.87. The maximum atomic E-state index is 5.25. The standard InChI is InChI=1S/C3H4B2N2/c4-6-1-2-7(5)3-6/h1-2H,3H2. The minimum absolute atomic E-state index is 0.583. The van der Waals surface area contributed by atoms with Gasteiger partial charge in [0.05, 0.1) is 6.67 Å². The smallest absolute Gasteiger partial charge is 0.228 e. The van der Waals surface area contributed by atoms with Crippen LogP contribution in [0.15, 0.2) is 12.4 Å². The summed E-state index contributed by atoms with van der Waals surface area (Å²) < 4.78 is 0. The van der Waals surface area contributed by atoms with Crippen molar-refractivity contribution in [3.63, 3.8) is 0 Å². The maximum Gasteiger partial charge on any atom is 0.228 e. The van der Waals surface area contributed by atoms with E-state index in [2.05, 4.69) is 0 Å². The van der Waals surface area contributed by atoms with Crippen LogP contribution in [0.2, 0.25) is 0 Å². The second-order valence-corrected chi connectivity index (χ2v) is 1.47. The van der Waals surface area contributed by atoms with E-state index in [0.717, 1.165) is 0 Å². The Morgan fingerprint density at radius 1 is 1.14 bits per heavy atom. The first kappa shape index (κ1) is 4.62. The molecule has 0 bridgehead atoms. The second-order valence-electron chi connectivity index (χ2n) is 1.47. The van der Waals surface area contributed by atoms with Crippen molar-refractivity contribution in [3.05, 3.63) is 12.4 Å². The summed E-state index contributed by atoms with van der Waals surface area (Å²) in [5.41, 5.74) is 0. The van der Waals surface area contributed by atoms with E-state index >= 15 is 0 Å². The van der Waals surface area contributed by atoms with Gasteiger partial charge in [0.1, 0.15) is 0 Å². The van der Waals surface area contributed by atoms with E-state index in [4.69, 9.17) is 16.0 Å². The summed E-state index contributed by atoms with van der Waals surface area (Å²) in [5, 5.41) is 0. The molecule has 0 saturated carbocycles. The predicted molar refractivity (Wildman–Crippen MR) is 29.2 cm³/mol. The fourth-order valence-corrected chi connectivity index (χ4v) is 0.454. The summed E-state index contributed by atoms with van der Waals surface area (Å²) in [6, 6.07) is 0. The molecule has 0 aliphatic carbocycles. The SMILES string of the molecule is [B]N1C=CN([B])C1. The molecule has 0 aromatic rings. The zero-order valence-corrected chi connectivity index (χ0v) is 3.91. The van der Waals surface area contributed by atoms with Gasteiger partial charge in [-0.05, 0) is 0 Å². The minimum Gasteiger partial charge on any atom is -0.415 e. The van der Waals surface area contributed by atoms with Gasteiger partial charge in [0.2, 0.25) is 16.0 Å². The highest BCUT2D eigenvalue weighted by atomic mass is 15.2. The zero-order chi connectivity index (χ0) is 5.28. The molecule has 4 heteroatoms. The molecule has 0 saturated heterocycles. The van der Waals surface area contributed by atoms with Crippen molar-refractivity contribution >= 4 is 16.0 Å². The van der Waals surface area contributed by atoms with Gasteiger partial charge in [0.25, 0.3) is 0 Å². The molecule has 0 atom stereocenters. The third-order valence-corrected chi connectivity index (χ3v) is 0.776. The van der Waals surface area contributed by atoms with Crippen LogP contribution in [-0.2, 0) is 0 Å².